The second-order valence-corrected chi connectivity index (χ2v) is 7.10. The number of hydrogen-bond donors (Lipinski definition) is 3. The lowest BCUT2D eigenvalue weighted by molar-refractivity contribution is -0.892. The zero-order valence-electron chi connectivity index (χ0n) is 16.4. The van der Waals surface area contributed by atoms with Gasteiger partial charge < -0.3 is 15.4 Å². The maximum absolute atomic E-state index is 12.8. The van der Waals surface area contributed by atoms with E-state index in [0.29, 0.717) is 22.9 Å². The van der Waals surface area contributed by atoms with Crippen LogP contribution >= 0.6 is 11.6 Å². The molecule has 2 heterocycles. The quantitative estimate of drug-likeness (QED) is 0.350. The summed E-state index contributed by atoms with van der Waals surface area (Å²) in [6.07, 6.45) is -2.26. The van der Waals surface area contributed by atoms with Crippen LogP contribution in [0, 0.1) is 11.3 Å². The molecule has 0 radical (unpaired) electrons. The number of amides is 2. The summed E-state index contributed by atoms with van der Waals surface area (Å²) in [4.78, 5) is 16.2. The van der Waals surface area contributed by atoms with Gasteiger partial charge in [-0.15, -0.1) is 13.2 Å². The molecule has 0 spiro atoms. The van der Waals surface area contributed by atoms with E-state index in [-0.39, 0.29) is 26.3 Å². The molecule has 2 aromatic heterocycles. The summed E-state index contributed by atoms with van der Waals surface area (Å²) in [5, 5.41) is 16.7. The lowest BCUT2D eigenvalue weighted by Crippen LogP contribution is -2.48. The molecule has 8 nitrogen and oxygen atoms in total. The zero-order valence-corrected chi connectivity index (χ0v) is 17.2. The minimum atomic E-state index is -4.57. The van der Waals surface area contributed by atoms with Crippen LogP contribution in [0.15, 0.2) is 60.9 Å². The Labute approximate surface area is 189 Å². The molecule has 0 saturated heterocycles. The van der Waals surface area contributed by atoms with Crippen LogP contribution in [0.1, 0.15) is 5.69 Å². The molecule has 0 aliphatic rings. The Balaban J connectivity index is 1.43. The van der Waals surface area contributed by atoms with Gasteiger partial charge in [0.05, 0.1) is 10.4 Å². The highest BCUT2D eigenvalue weighted by Gasteiger charge is 2.43. The van der Waals surface area contributed by atoms with E-state index in [1.165, 1.54) is 42.6 Å². The van der Waals surface area contributed by atoms with Crippen molar-refractivity contribution in [3.05, 3.63) is 71.6 Å². The predicted octanol–water partition coefficient (Wildman–Crippen LogP) is 5.29. The fourth-order valence-corrected chi connectivity index (χ4v) is 3.12. The number of carbonyl (C=O) groups is 1. The predicted molar refractivity (Wildman–Crippen MR) is 113 cm³/mol. The Morgan fingerprint density at radius 2 is 1.85 bits per heavy atom. The number of aromatic nitrogens is 3. The highest BCUT2D eigenvalue weighted by atomic mass is 35.5. The van der Waals surface area contributed by atoms with E-state index < -0.39 is 12.3 Å². The Bertz CT molecular complexity index is 1400. The molecule has 0 saturated carbocycles. The van der Waals surface area contributed by atoms with Gasteiger partial charge in [-0.3, -0.25) is 0 Å². The van der Waals surface area contributed by atoms with E-state index in [9.17, 15) is 18.0 Å². The molecular weight excluding hydrogens is 461 g/mol. The minimum absolute atomic E-state index is 0.0280. The molecule has 3 N–H and O–H groups in total. The molecule has 4 aromatic rings. The average Bonchev–Trinajstić information content (AvgIpc) is 3.20. The topological polar surface area (TPSA) is 107 Å². The monoisotopic (exact) mass is 473 g/mol. The Kier molecular flexibility index (Phi) is 5.76. The summed E-state index contributed by atoms with van der Waals surface area (Å²) in [6.45, 7) is 0. The van der Waals surface area contributed by atoms with E-state index in [0.717, 1.165) is 6.20 Å². The second-order valence-electron chi connectivity index (χ2n) is 6.70. The van der Waals surface area contributed by atoms with Crippen LogP contribution in [-0.2, 0) is 6.30 Å². The van der Waals surface area contributed by atoms with Crippen molar-refractivity contribution in [1.29, 1.82) is 5.26 Å². The number of fused-ring (bicyclic) bond motifs is 1. The highest BCUT2D eigenvalue weighted by molar-refractivity contribution is 6.32. The number of ether oxygens (including phenoxy) is 1. The van der Waals surface area contributed by atoms with E-state index in [1.807, 2.05) is 6.07 Å². The number of carbonyl (C=O) groups excluding carboxylic acids is 1. The first-order valence-corrected chi connectivity index (χ1v) is 9.62. The molecule has 0 bridgehead atoms. The van der Waals surface area contributed by atoms with Crippen LogP contribution in [0.2, 0.25) is 5.02 Å². The Morgan fingerprint density at radius 1 is 1.12 bits per heavy atom. The van der Waals surface area contributed by atoms with Crippen molar-refractivity contribution >= 4 is 39.9 Å². The molecule has 2 aromatic carbocycles. The summed E-state index contributed by atoms with van der Waals surface area (Å²) in [5.41, 5.74) is 1.10. The molecule has 2 amide bonds. The third kappa shape index (κ3) is 5.13. The average molecular weight is 474 g/mol. The third-order valence-electron chi connectivity index (χ3n) is 4.36. The molecule has 0 aliphatic heterocycles. The van der Waals surface area contributed by atoms with Crippen LogP contribution in [0.5, 0.6) is 11.5 Å². The minimum Gasteiger partial charge on any atom is -0.456 e. The molecule has 33 heavy (non-hydrogen) atoms. The standard InChI is InChI=1S/C21H12ClF3N6O2/c22-17-9-14(2-4-19(17)33-16-5-6-27-15(8-16)10-26)29-20(32)28-13-1-3-18-12(7-13)11-31(30-18)21(23,24)25/h1-9,11H,(H2,28,29,32)/p+1. The number of nitrogens with one attached hydrogen (secondary N) is 3. The van der Waals surface area contributed by atoms with Crippen molar-refractivity contribution in [1.82, 2.24) is 10.1 Å². The number of H-pyrrole nitrogens is 1. The number of urea groups is 1. The number of anilines is 2. The number of nitriles is 1. The lowest BCUT2D eigenvalue weighted by atomic mass is 10.2. The van der Waals surface area contributed by atoms with E-state index in [1.54, 1.807) is 12.1 Å². The molecule has 0 aliphatic carbocycles. The number of rotatable bonds is 4. The third-order valence-corrected chi connectivity index (χ3v) is 4.65. The van der Waals surface area contributed by atoms with Crippen LogP contribution < -0.4 is 20.1 Å². The van der Waals surface area contributed by atoms with Gasteiger partial charge in [-0.25, -0.2) is 9.78 Å². The van der Waals surface area contributed by atoms with Crippen molar-refractivity contribution in [2.75, 3.05) is 10.6 Å². The summed E-state index contributed by atoms with van der Waals surface area (Å²) >= 11 is 6.23. The largest absolute Gasteiger partial charge is 0.660 e. The first-order chi connectivity index (χ1) is 15.7. The molecule has 0 unspecified atom stereocenters. The van der Waals surface area contributed by atoms with Crippen LogP contribution in [0.3, 0.4) is 0 Å². The maximum Gasteiger partial charge on any atom is 0.660 e. The fraction of sp³-hybridized carbons (Fsp3) is 0.0476. The van der Waals surface area contributed by atoms with E-state index in [2.05, 4.69) is 20.7 Å². The molecule has 4 rings (SSSR count). The van der Waals surface area contributed by atoms with Crippen molar-refractivity contribution < 1.29 is 27.4 Å². The van der Waals surface area contributed by atoms with Gasteiger partial charge in [0.2, 0.25) is 6.20 Å². The van der Waals surface area contributed by atoms with Gasteiger partial charge >= 0.3 is 12.3 Å². The van der Waals surface area contributed by atoms with Crippen LogP contribution in [-0.4, -0.2) is 16.1 Å². The first kappa shape index (κ1) is 21.9. The summed E-state index contributed by atoms with van der Waals surface area (Å²) in [6, 6.07) is 13.1. The Morgan fingerprint density at radius 3 is 2.55 bits per heavy atom. The first-order valence-electron chi connectivity index (χ1n) is 9.24. The Hall–Kier alpha value is -4.30. The number of nitrogens with zero attached hydrogens (tertiary/aromatic N) is 3. The second kappa shape index (κ2) is 8.68. The number of halogens is 4. The SMILES string of the molecule is N#Cc1cc(Oc2ccc(NC(=O)Nc3ccc4[nH][n+](C(F)(F)F)cc4c3)cc2Cl)ccn1. The van der Waals surface area contributed by atoms with Crippen molar-refractivity contribution in [3.8, 4) is 17.6 Å². The molecule has 166 valence electrons. The van der Waals surface area contributed by atoms with Gasteiger partial charge in [0.15, 0.2) is 0 Å². The van der Waals surface area contributed by atoms with Crippen LogP contribution in [0.4, 0.5) is 29.3 Å². The van der Waals surface area contributed by atoms with E-state index in [4.69, 9.17) is 21.6 Å². The summed E-state index contributed by atoms with van der Waals surface area (Å²) in [7, 11) is 0. The molecule has 0 fully saturated rings. The van der Waals surface area contributed by atoms with Gasteiger partial charge in [-0.05, 0) is 47.1 Å². The summed E-state index contributed by atoms with van der Waals surface area (Å²) in [5.74, 6) is 0.669. The van der Waals surface area contributed by atoms with Crippen LogP contribution in [0.25, 0.3) is 10.9 Å². The molecule has 12 heteroatoms. The van der Waals surface area contributed by atoms with Crippen molar-refractivity contribution in [2.45, 2.75) is 6.30 Å². The van der Waals surface area contributed by atoms with Gasteiger partial charge in [0.1, 0.15) is 28.8 Å². The number of alkyl halides is 3. The van der Waals surface area contributed by atoms with Gasteiger partial charge in [0.25, 0.3) is 0 Å². The number of benzene rings is 2. The van der Waals surface area contributed by atoms with Gasteiger partial charge in [0, 0.05) is 23.6 Å². The summed E-state index contributed by atoms with van der Waals surface area (Å²) < 4.78 is 44.1. The van der Waals surface area contributed by atoms with Gasteiger partial charge in [-0.2, -0.15) is 10.4 Å². The molecule has 0 atom stereocenters. The van der Waals surface area contributed by atoms with Gasteiger partial charge in [-0.1, -0.05) is 11.6 Å². The number of aromatic amines is 1. The fourth-order valence-electron chi connectivity index (χ4n) is 2.90. The maximum atomic E-state index is 12.8. The van der Waals surface area contributed by atoms with Crippen molar-refractivity contribution in [2.24, 2.45) is 0 Å². The van der Waals surface area contributed by atoms with Crippen molar-refractivity contribution in [3.63, 3.8) is 0 Å². The normalized spacial score (nSPS) is 11.1. The smallest absolute Gasteiger partial charge is 0.456 e. The number of hydrogen-bond acceptors (Lipinski definition) is 4. The molecular formula is C21H13ClF3N6O2+. The van der Waals surface area contributed by atoms with E-state index >= 15 is 0 Å². The highest BCUT2D eigenvalue weighted by Crippen LogP contribution is 2.32. The lowest BCUT2D eigenvalue weighted by Gasteiger charge is -2.11. The zero-order chi connectivity index (χ0) is 23.6. The number of pyridine rings is 1.